The van der Waals surface area contributed by atoms with Crippen LogP contribution in [0, 0.1) is 5.92 Å². The van der Waals surface area contributed by atoms with E-state index in [0.29, 0.717) is 26.0 Å². The third kappa shape index (κ3) is 5.55. The number of nitrogens with one attached hydrogen (secondary N) is 1. The highest BCUT2D eigenvalue weighted by molar-refractivity contribution is 5.67. The van der Waals surface area contributed by atoms with Gasteiger partial charge in [0.1, 0.15) is 17.3 Å². The van der Waals surface area contributed by atoms with Crippen LogP contribution in [0.15, 0.2) is 11.6 Å². The fourth-order valence-electron chi connectivity index (χ4n) is 5.08. The topological polar surface area (TPSA) is 92.9 Å². The summed E-state index contributed by atoms with van der Waals surface area (Å²) in [4.78, 5) is 12.2. The van der Waals surface area contributed by atoms with Gasteiger partial charge in [-0.25, -0.2) is 4.79 Å². The quantitative estimate of drug-likeness (QED) is 0.300. The summed E-state index contributed by atoms with van der Waals surface area (Å²) in [5, 5.41) is 11.6. The van der Waals surface area contributed by atoms with E-state index in [0.717, 1.165) is 32.1 Å². The summed E-state index contributed by atoms with van der Waals surface area (Å²) in [5.74, 6) is 0.139. The molecule has 3 fully saturated rings. The lowest BCUT2D eigenvalue weighted by molar-refractivity contribution is -0.0896. The van der Waals surface area contributed by atoms with E-state index in [1.54, 1.807) is 7.11 Å². The first-order valence-electron chi connectivity index (χ1n) is 11.4. The van der Waals surface area contributed by atoms with Crippen LogP contribution in [0.5, 0.6) is 0 Å². The van der Waals surface area contributed by atoms with Gasteiger partial charge in [-0.3, -0.25) is 0 Å². The predicted molar refractivity (Wildman–Crippen MR) is 113 cm³/mol. The zero-order valence-corrected chi connectivity index (χ0v) is 18.9. The van der Waals surface area contributed by atoms with E-state index in [4.69, 9.17) is 24.1 Å². The molecule has 172 valence electrons. The summed E-state index contributed by atoms with van der Waals surface area (Å²) in [5.41, 5.74) is 0.721. The number of aliphatic hydroxyl groups is 1. The molecule has 0 aromatic carbocycles. The fraction of sp³-hybridized carbons (Fsp3) is 0.870. The molecule has 1 aliphatic carbocycles. The molecule has 2 heterocycles. The van der Waals surface area contributed by atoms with Gasteiger partial charge in [0.15, 0.2) is 0 Å². The lowest BCUT2D eigenvalue weighted by Gasteiger charge is -2.41. The number of carbonyl (C=O) groups excluding carboxylic acids is 1. The number of hydrogen-bond acceptors (Lipinski definition) is 6. The lowest BCUT2D eigenvalue weighted by Crippen LogP contribution is -2.53. The maximum atomic E-state index is 12.2. The van der Waals surface area contributed by atoms with Crippen LogP contribution < -0.4 is 5.32 Å². The second-order valence-electron chi connectivity index (χ2n) is 9.44. The Morgan fingerprint density at radius 1 is 1.27 bits per heavy atom. The van der Waals surface area contributed by atoms with E-state index in [9.17, 15) is 4.79 Å². The van der Waals surface area contributed by atoms with E-state index in [1.165, 1.54) is 5.57 Å². The molecule has 3 aliphatic rings. The molecule has 0 aromatic heterocycles. The van der Waals surface area contributed by atoms with Crippen LogP contribution in [0.2, 0.25) is 0 Å². The molecule has 2 aliphatic heterocycles. The van der Waals surface area contributed by atoms with E-state index >= 15 is 0 Å². The molecule has 1 saturated carbocycles. The lowest BCUT2D eigenvalue weighted by atomic mass is 9.68. The Hall–Kier alpha value is -1.15. The number of unbranched alkanes of at least 4 members (excludes halogenated alkanes) is 3. The van der Waals surface area contributed by atoms with Gasteiger partial charge in [0.25, 0.3) is 0 Å². The van der Waals surface area contributed by atoms with Crippen LogP contribution in [0.3, 0.4) is 0 Å². The second kappa shape index (κ2) is 9.98. The van der Waals surface area contributed by atoms with Crippen LogP contribution >= 0.6 is 0 Å². The molecule has 7 nitrogen and oxygen atoms in total. The molecule has 3 unspecified atom stereocenters. The number of epoxide rings is 2. The average molecular weight is 426 g/mol. The normalized spacial score (nSPS) is 37.0. The van der Waals surface area contributed by atoms with Gasteiger partial charge in [-0.05, 0) is 40.0 Å². The number of carbonyl (C=O) groups is 1. The van der Waals surface area contributed by atoms with E-state index < -0.39 is 0 Å². The maximum Gasteiger partial charge on any atom is 0.407 e. The summed E-state index contributed by atoms with van der Waals surface area (Å²) in [7, 11) is 1.72. The van der Waals surface area contributed by atoms with Crippen molar-refractivity contribution in [2.45, 2.75) is 95.2 Å². The Morgan fingerprint density at radius 3 is 2.63 bits per heavy atom. The monoisotopic (exact) mass is 425 g/mol. The van der Waals surface area contributed by atoms with Gasteiger partial charge in [0, 0.05) is 39.0 Å². The highest BCUT2D eigenvalue weighted by Gasteiger charge is 2.71. The first-order chi connectivity index (χ1) is 14.3. The molecular weight excluding hydrogens is 386 g/mol. The molecule has 2 N–H and O–H groups in total. The van der Waals surface area contributed by atoms with Crippen LogP contribution in [0.1, 0.15) is 65.7 Å². The number of methoxy groups -OCH3 is 1. The zero-order valence-electron chi connectivity index (χ0n) is 18.9. The van der Waals surface area contributed by atoms with E-state index in [1.807, 2.05) is 0 Å². The molecule has 6 atom stereocenters. The van der Waals surface area contributed by atoms with Crippen molar-refractivity contribution in [3.63, 3.8) is 0 Å². The first kappa shape index (κ1) is 23.5. The summed E-state index contributed by atoms with van der Waals surface area (Å²) < 4.78 is 23.7. The third-order valence-corrected chi connectivity index (χ3v) is 6.79. The minimum absolute atomic E-state index is 0.0702. The van der Waals surface area contributed by atoms with Crippen molar-refractivity contribution >= 4 is 6.09 Å². The van der Waals surface area contributed by atoms with Gasteiger partial charge < -0.3 is 29.4 Å². The van der Waals surface area contributed by atoms with Gasteiger partial charge in [-0.15, -0.1) is 0 Å². The minimum atomic E-state index is -0.374. The number of amides is 1. The van der Waals surface area contributed by atoms with Gasteiger partial charge in [-0.1, -0.05) is 24.5 Å². The van der Waals surface area contributed by atoms with Crippen molar-refractivity contribution < 1.29 is 28.8 Å². The number of alkyl carbamates (subject to hydrolysis) is 1. The van der Waals surface area contributed by atoms with Crippen LogP contribution in [0.4, 0.5) is 4.79 Å². The molecule has 0 radical (unpaired) electrons. The highest BCUT2D eigenvalue weighted by atomic mass is 16.6. The Morgan fingerprint density at radius 2 is 2.00 bits per heavy atom. The van der Waals surface area contributed by atoms with Crippen molar-refractivity contribution in [3.05, 3.63) is 11.6 Å². The Labute approximate surface area is 180 Å². The van der Waals surface area contributed by atoms with Crippen molar-refractivity contribution in [1.82, 2.24) is 5.32 Å². The fourth-order valence-corrected chi connectivity index (χ4v) is 5.08. The molecule has 0 bridgehead atoms. The molecular formula is C23H39NO6. The predicted octanol–water partition coefficient (Wildman–Crippen LogP) is 3.34. The molecule has 1 amide bonds. The van der Waals surface area contributed by atoms with Gasteiger partial charge in [0.2, 0.25) is 0 Å². The van der Waals surface area contributed by atoms with Crippen molar-refractivity contribution in [1.29, 1.82) is 0 Å². The summed E-state index contributed by atoms with van der Waals surface area (Å²) in [6.45, 7) is 7.85. The van der Waals surface area contributed by atoms with Crippen LogP contribution in [-0.2, 0) is 18.9 Å². The Kier molecular flexibility index (Phi) is 7.82. The van der Waals surface area contributed by atoms with E-state index in [-0.39, 0.29) is 48.1 Å². The molecule has 2 saturated heterocycles. The van der Waals surface area contributed by atoms with Gasteiger partial charge in [0.05, 0.1) is 18.8 Å². The average Bonchev–Trinajstić information content (AvgIpc) is 3.60. The summed E-state index contributed by atoms with van der Waals surface area (Å²) >= 11 is 0. The van der Waals surface area contributed by atoms with Crippen molar-refractivity contribution in [2.24, 2.45) is 5.92 Å². The van der Waals surface area contributed by atoms with Gasteiger partial charge in [-0.2, -0.15) is 0 Å². The summed E-state index contributed by atoms with van der Waals surface area (Å²) in [6, 6.07) is 0. The summed E-state index contributed by atoms with van der Waals surface area (Å²) in [6.07, 6.45) is 7.65. The first-order valence-corrected chi connectivity index (χ1v) is 11.4. The molecule has 1 spiro atoms. The van der Waals surface area contributed by atoms with Gasteiger partial charge >= 0.3 is 6.09 Å². The van der Waals surface area contributed by atoms with Crippen LogP contribution in [-0.4, -0.2) is 67.6 Å². The largest absolute Gasteiger partial charge is 0.446 e. The maximum absolute atomic E-state index is 12.2. The molecule has 30 heavy (non-hydrogen) atoms. The SMILES string of the molecule is COC1CC(OC(=O)NCCCCCCO)C[C@]2(CO2)C1[C@@]1(C)O[C@@H]1CC=C(C)C. The van der Waals surface area contributed by atoms with E-state index in [2.05, 4.69) is 32.2 Å². The van der Waals surface area contributed by atoms with Crippen molar-refractivity contribution in [2.75, 3.05) is 26.9 Å². The molecule has 3 rings (SSSR count). The Balaban J connectivity index is 1.50. The van der Waals surface area contributed by atoms with Crippen molar-refractivity contribution in [3.8, 4) is 0 Å². The van der Waals surface area contributed by atoms with Crippen LogP contribution in [0.25, 0.3) is 0 Å². The highest BCUT2D eigenvalue weighted by Crippen LogP contribution is 2.59. The smallest absolute Gasteiger partial charge is 0.407 e. The molecule has 7 heteroatoms. The number of allylic oxidation sites excluding steroid dienone is 1. The third-order valence-electron chi connectivity index (χ3n) is 6.79. The Bertz CT molecular complexity index is 615. The number of hydrogen-bond donors (Lipinski definition) is 2. The number of aliphatic hydroxyl groups excluding tert-OH is 1. The second-order valence-corrected chi connectivity index (χ2v) is 9.44. The molecule has 0 aromatic rings. The number of rotatable bonds is 11. The zero-order chi connectivity index (χ0) is 21.8. The standard InChI is InChI=1S/C23H39NO6/c1-16(2)9-10-19-22(3,30-19)20-18(27-4)13-17(14-23(20)15-28-23)29-21(26)24-11-7-5-6-8-12-25/h9,17-20,25H,5-8,10-15H2,1-4H3,(H,24,26)/t17?,18?,19-,20?,22+,23+/m1/s1. The minimum Gasteiger partial charge on any atom is -0.446 e. The number of ether oxygens (including phenoxy) is 4.